The topological polar surface area (TPSA) is 80.4 Å². The molecular formula is C26H26N4O4S. The Morgan fingerprint density at radius 2 is 1.86 bits per heavy atom. The van der Waals surface area contributed by atoms with E-state index in [0.717, 1.165) is 34.7 Å². The maximum Gasteiger partial charge on any atom is 0.231 e. The highest BCUT2D eigenvalue weighted by atomic mass is 32.2. The van der Waals surface area contributed by atoms with Crippen LogP contribution in [-0.4, -0.2) is 51.4 Å². The van der Waals surface area contributed by atoms with Gasteiger partial charge in [-0.3, -0.25) is 9.36 Å². The predicted molar refractivity (Wildman–Crippen MR) is 134 cm³/mol. The van der Waals surface area contributed by atoms with Crippen LogP contribution in [0.5, 0.6) is 11.5 Å². The van der Waals surface area contributed by atoms with Crippen LogP contribution in [0.1, 0.15) is 21.7 Å². The summed E-state index contributed by atoms with van der Waals surface area (Å²) in [6, 6.07) is 17.5. The molecule has 0 unspecified atom stereocenters. The molecule has 0 radical (unpaired) electrons. The number of para-hydroxylation sites is 1. The number of aromatic nitrogens is 4. The van der Waals surface area contributed by atoms with Gasteiger partial charge in [0.25, 0.3) is 0 Å². The fraction of sp³-hybridized carbons (Fsp3) is 0.269. The summed E-state index contributed by atoms with van der Waals surface area (Å²) in [7, 11) is 1.68. The number of carbonyl (C=O) groups is 1. The second-order valence-corrected chi connectivity index (χ2v) is 9.13. The van der Waals surface area contributed by atoms with E-state index in [1.807, 2.05) is 73.0 Å². The number of fused-ring (bicyclic) bond motifs is 1. The number of hydrogen-bond acceptors (Lipinski definition) is 7. The molecule has 1 aliphatic heterocycles. The Labute approximate surface area is 207 Å². The van der Waals surface area contributed by atoms with Gasteiger partial charge in [0.2, 0.25) is 6.79 Å². The van der Waals surface area contributed by atoms with E-state index in [1.54, 1.807) is 7.11 Å². The summed E-state index contributed by atoms with van der Waals surface area (Å²) in [6.45, 7) is 5.51. The van der Waals surface area contributed by atoms with Crippen molar-refractivity contribution in [1.82, 2.24) is 19.3 Å². The van der Waals surface area contributed by atoms with E-state index in [-0.39, 0.29) is 18.3 Å². The Morgan fingerprint density at radius 1 is 1.06 bits per heavy atom. The molecule has 0 fully saturated rings. The van der Waals surface area contributed by atoms with Crippen LogP contribution < -0.4 is 9.47 Å². The molecule has 4 aromatic rings. The van der Waals surface area contributed by atoms with Crippen molar-refractivity contribution < 1.29 is 19.0 Å². The van der Waals surface area contributed by atoms with Crippen LogP contribution in [0.4, 0.5) is 0 Å². The summed E-state index contributed by atoms with van der Waals surface area (Å²) >= 11 is 1.38. The fourth-order valence-corrected chi connectivity index (χ4v) is 5.05. The normalized spacial score (nSPS) is 12.3. The summed E-state index contributed by atoms with van der Waals surface area (Å²) in [5, 5.41) is 9.56. The van der Waals surface area contributed by atoms with E-state index in [4.69, 9.17) is 14.2 Å². The van der Waals surface area contributed by atoms with Crippen molar-refractivity contribution in [2.45, 2.75) is 25.5 Å². The van der Waals surface area contributed by atoms with Crippen LogP contribution in [0.15, 0.2) is 59.8 Å². The number of methoxy groups -OCH3 is 1. The van der Waals surface area contributed by atoms with Crippen LogP contribution in [0.3, 0.4) is 0 Å². The second kappa shape index (κ2) is 9.97. The third kappa shape index (κ3) is 4.56. The summed E-state index contributed by atoms with van der Waals surface area (Å²) < 4.78 is 20.3. The van der Waals surface area contributed by atoms with E-state index in [1.165, 1.54) is 11.8 Å². The number of benzene rings is 2. The van der Waals surface area contributed by atoms with Crippen molar-refractivity contribution in [3.05, 3.63) is 71.5 Å². The molecule has 0 bridgehead atoms. The molecule has 180 valence electrons. The first-order valence-corrected chi connectivity index (χ1v) is 12.3. The Kier molecular flexibility index (Phi) is 6.61. The van der Waals surface area contributed by atoms with Gasteiger partial charge in [0, 0.05) is 41.9 Å². The highest BCUT2D eigenvalue weighted by Gasteiger charge is 2.22. The van der Waals surface area contributed by atoms with Gasteiger partial charge in [-0.25, -0.2) is 0 Å². The monoisotopic (exact) mass is 490 g/mol. The minimum Gasteiger partial charge on any atom is -0.454 e. The highest BCUT2D eigenvalue weighted by Crippen LogP contribution is 2.37. The molecule has 8 nitrogen and oxygen atoms in total. The van der Waals surface area contributed by atoms with Gasteiger partial charge in [0.05, 0.1) is 12.4 Å². The minimum atomic E-state index is 0.0546. The SMILES string of the molecule is COCCn1c(C)cc(C(=O)CSc2nnc(-c3ccc4c(c3)OCO4)n2-c2ccccc2)c1C. The third-order valence-electron chi connectivity index (χ3n) is 6.00. The predicted octanol–water partition coefficient (Wildman–Crippen LogP) is 4.70. The van der Waals surface area contributed by atoms with Gasteiger partial charge >= 0.3 is 0 Å². The number of carbonyl (C=O) groups excluding carboxylic acids is 1. The largest absolute Gasteiger partial charge is 0.454 e. The second-order valence-electron chi connectivity index (χ2n) is 8.19. The average Bonchev–Trinajstić information content (AvgIpc) is 3.59. The molecule has 0 amide bonds. The lowest BCUT2D eigenvalue weighted by molar-refractivity contribution is 0.102. The van der Waals surface area contributed by atoms with Gasteiger partial charge in [-0.15, -0.1) is 10.2 Å². The van der Waals surface area contributed by atoms with Gasteiger partial charge in [-0.05, 0) is 50.2 Å². The number of ether oxygens (including phenoxy) is 3. The molecule has 0 atom stereocenters. The molecule has 3 heterocycles. The van der Waals surface area contributed by atoms with Gasteiger partial charge in [0.1, 0.15) is 0 Å². The molecule has 0 aliphatic carbocycles. The van der Waals surface area contributed by atoms with Crippen LogP contribution >= 0.6 is 11.8 Å². The summed E-state index contributed by atoms with van der Waals surface area (Å²) in [6.07, 6.45) is 0. The molecule has 1 aliphatic rings. The van der Waals surface area contributed by atoms with E-state index in [2.05, 4.69) is 14.8 Å². The Morgan fingerprint density at radius 3 is 2.66 bits per heavy atom. The van der Waals surface area contributed by atoms with Gasteiger partial charge < -0.3 is 18.8 Å². The number of thioether (sulfide) groups is 1. The first-order valence-electron chi connectivity index (χ1n) is 11.3. The lowest BCUT2D eigenvalue weighted by atomic mass is 10.2. The van der Waals surface area contributed by atoms with Crippen molar-refractivity contribution in [2.24, 2.45) is 0 Å². The van der Waals surface area contributed by atoms with Crippen LogP contribution in [0, 0.1) is 13.8 Å². The maximum atomic E-state index is 13.2. The molecule has 0 spiro atoms. The van der Waals surface area contributed by atoms with Gasteiger partial charge in [0.15, 0.2) is 28.3 Å². The zero-order valence-corrected chi connectivity index (χ0v) is 20.7. The average molecular weight is 491 g/mol. The number of hydrogen-bond donors (Lipinski definition) is 0. The van der Waals surface area contributed by atoms with Crippen molar-refractivity contribution in [3.63, 3.8) is 0 Å². The quantitative estimate of drug-likeness (QED) is 0.248. The van der Waals surface area contributed by atoms with Crippen LogP contribution in [-0.2, 0) is 11.3 Å². The summed E-state index contributed by atoms with van der Waals surface area (Å²) in [4.78, 5) is 13.2. The van der Waals surface area contributed by atoms with Gasteiger partial charge in [-0.2, -0.15) is 0 Å². The Bertz CT molecular complexity index is 1360. The van der Waals surface area contributed by atoms with E-state index < -0.39 is 0 Å². The molecule has 5 rings (SSSR count). The number of Topliss-reactive ketones (excluding diaryl/α,β-unsaturated/α-hetero) is 1. The molecule has 0 saturated heterocycles. The number of ketones is 1. The first-order chi connectivity index (χ1) is 17.1. The van der Waals surface area contributed by atoms with E-state index >= 15 is 0 Å². The van der Waals surface area contributed by atoms with Crippen LogP contribution in [0.25, 0.3) is 17.1 Å². The standard InChI is InChI=1S/C26H26N4O4S/c1-17-13-21(18(2)29(17)11-12-32-3)22(31)15-35-26-28-27-25(30(26)20-7-5-4-6-8-20)19-9-10-23-24(14-19)34-16-33-23/h4-10,13-14H,11-12,15-16H2,1-3H3. The van der Waals surface area contributed by atoms with Gasteiger partial charge in [-0.1, -0.05) is 30.0 Å². The van der Waals surface area contributed by atoms with E-state index in [0.29, 0.717) is 29.1 Å². The Balaban J connectivity index is 1.43. The molecule has 0 N–H and O–H groups in total. The lowest BCUT2D eigenvalue weighted by Crippen LogP contribution is -2.10. The van der Waals surface area contributed by atoms with E-state index in [9.17, 15) is 4.79 Å². The molecule has 9 heteroatoms. The third-order valence-corrected chi connectivity index (χ3v) is 6.93. The molecule has 35 heavy (non-hydrogen) atoms. The fourth-order valence-electron chi connectivity index (χ4n) is 4.21. The minimum absolute atomic E-state index is 0.0546. The van der Waals surface area contributed by atoms with Crippen molar-refractivity contribution in [3.8, 4) is 28.6 Å². The number of nitrogens with zero attached hydrogens (tertiary/aromatic N) is 4. The number of aryl methyl sites for hydroxylation is 1. The molecular weight excluding hydrogens is 464 g/mol. The zero-order valence-electron chi connectivity index (χ0n) is 19.9. The van der Waals surface area contributed by atoms with Crippen molar-refractivity contribution >= 4 is 17.5 Å². The smallest absolute Gasteiger partial charge is 0.231 e. The lowest BCUT2D eigenvalue weighted by Gasteiger charge is -2.11. The van der Waals surface area contributed by atoms with Crippen LogP contribution in [0.2, 0.25) is 0 Å². The summed E-state index contributed by atoms with van der Waals surface area (Å²) in [5.41, 5.74) is 4.50. The zero-order chi connectivity index (χ0) is 24.4. The first kappa shape index (κ1) is 23.2. The Hall–Kier alpha value is -3.56. The van der Waals surface area contributed by atoms with Crippen molar-refractivity contribution in [2.75, 3.05) is 26.3 Å². The summed E-state index contributed by atoms with van der Waals surface area (Å²) in [5.74, 6) is 2.36. The molecule has 2 aromatic carbocycles. The highest BCUT2D eigenvalue weighted by molar-refractivity contribution is 7.99. The maximum absolute atomic E-state index is 13.2. The number of rotatable bonds is 9. The molecule has 2 aromatic heterocycles. The molecule has 0 saturated carbocycles. The van der Waals surface area contributed by atoms with Crippen molar-refractivity contribution in [1.29, 1.82) is 0 Å².